The first kappa shape index (κ1) is 13.7. The van der Waals surface area contributed by atoms with Gasteiger partial charge in [-0.2, -0.15) is 0 Å². The van der Waals surface area contributed by atoms with Gasteiger partial charge >= 0.3 is 5.97 Å². The predicted molar refractivity (Wildman–Crippen MR) is 75.0 cm³/mol. The highest BCUT2D eigenvalue weighted by atomic mass is 16.5. The first-order chi connectivity index (χ1) is 9.13. The van der Waals surface area contributed by atoms with Crippen molar-refractivity contribution in [3.8, 4) is 5.75 Å². The second kappa shape index (κ2) is 5.91. The first-order valence-corrected chi connectivity index (χ1v) is 6.66. The zero-order valence-electron chi connectivity index (χ0n) is 11.4. The van der Waals surface area contributed by atoms with Gasteiger partial charge in [0.25, 0.3) is 0 Å². The molecule has 3 atom stereocenters. The van der Waals surface area contributed by atoms with Crippen molar-refractivity contribution in [1.29, 1.82) is 0 Å². The molecule has 3 heteroatoms. The number of allylic oxidation sites excluding steroid dienone is 1. The molecule has 3 unspecified atom stereocenters. The van der Waals surface area contributed by atoms with E-state index in [1.165, 1.54) is 0 Å². The van der Waals surface area contributed by atoms with Crippen molar-refractivity contribution in [2.75, 3.05) is 7.11 Å². The lowest BCUT2D eigenvalue weighted by molar-refractivity contribution is -0.141. The normalized spacial score (nSPS) is 23.3. The van der Waals surface area contributed by atoms with Crippen LogP contribution in [-0.4, -0.2) is 18.2 Å². The molecule has 0 aromatic heterocycles. The smallest absolute Gasteiger partial charge is 0.306 e. The Morgan fingerprint density at radius 2 is 2.26 bits per heavy atom. The van der Waals surface area contributed by atoms with Crippen molar-refractivity contribution in [2.24, 2.45) is 17.8 Å². The van der Waals surface area contributed by atoms with Gasteiger partial charge in [-0.25, -0.2) is 0 Å². The van der Waals surface area contributed by atoms with Gasteiger partial charge in [0.15, 0.2) is 0 Å². The molecule has 102 valence electrons. The van der Waals surface area contributed by atoms with Gasteiger partial charge in [0.2, 0.25) is 0 Å². The van der Waals surface area contributed by atoms with Gasteiger partial charge < -0.3 is 9.84 Å². The molecule has 0 aliphatic heterocycles. The summed E-state index contributed by atoms with van der Waals surface area (Å²) in [4.78, 5) is 10.9. The van der Waals surface area contributed by atoms with Gasteiger partial charge in [-0.1, -0.05) is 37.3 Å². The van der Waals surface area contributed by atoms with Crippen LogP contribution in [-0.2, 0) is 4.79 Å². The monoisotopic (exact) mass is 260 g/mol. The van der Waals surface area contributed by atoms with Crippen molar-refractivity contribution < 1.29 is 14.6 Å². The van der Waals surface area contributed by atoms with Crippen LogP contribution >= 0.6 is 0 Å². The molecule has 1 aliphatic rings. The lowest BCUT2D eigenvalue weighted by atomic mass is 10.0. The van der Waals surface area contributed by atoms with E-state index in [1.807, 2.05) is 24.3 Å². The zero-order chi connectivity index (χ0) is 13.8. The molecule has 1 N–H and O–H groups in total. The number of hydrogen-bond donors (Lipinski definition) is 1. The molecule has 1 aromatic carbocycles. The Bertz CT molecular complexity index is 479. The van der Waals surface area contributed by atoms with E-state index < -0.39 is 5.97 Å². The minimum atomic E-state index is -0.679. The van der Waals surface area contributed by atoms with Crippen molar-refractivity contribution >= 4 is 12.0 Å². The van der Waals surface area contributed by atoms with Gasteiger partial charge in [-0.15, -0.1) is 0 Å². The molecule has 1 fully saturated rings. The molecule has 1 saturated carbocycles. The number of aliphatic carboxylic acids is 1. The quantitative estimate of drug-likeness (QED) is 0.852. The van der Waals surface area contributed by atoms with Gasteiger partial charge in [0.1, 0.15) is 5.75 Å². The molecular weight excluding hydrogens is 240 g/mol. The maximum absolute atomic E-state index is 10.9. The first-order valence-electron chi connectivity index (χ1n) is 6.66. The maximum Gasteiger partial charge on any atom is 0.306 e. The number of carboxylic acids is 1. The van der Waals surface area contributed by atoms with E-state index in [4.69, 9.17) is 9.84 Å². The Labute approximate surface area is 113 Å². The molecule has 0 heterocycles. The summed E-state index contributed by atoms with van der Waals surface area (Å²) in [5.41, 5.74) is 1.06. The molecular formula is C16H20O3. The van der Waals surface area contributed by atoms with Crippen LogP contribution in [0, 0.1) is 17.8 Å². The number of hydrogen-bond acceptors (Lipinski definition) is 2. The largest absolute Gasteiger partial charge is 0.496 e. The fourth-order valence-corrected chi connectivity index (χ4v) is 2.51. The van der Waals surface area contributed by atoms with Crippen molar-refractivity contribution in [3.63, 3.8) is 0 Å². The molecule has 0 amide bonds. The Hall–Kier alpha value is -1.77. The molecule has 3 nitrogen and oxygen atoms in total. The Kier molecular flexibility index (Phi) is 4.25. The third-order valence-electron chi connectivity index (χ3n) is 3.88. The third-order valence-corrected chi connectivity index (χ3v) is 3.88. The average molecular weight is 260 g/mol. The van der Waals surface area contributed by atoms with E-state index in [9.17, 15) is 4.79 Å². The maximum atomic E-state index is 10.9. The van der Waals surface area contributed by atoms with Gasteiger partial charge in [0, 0.05) is 5.56 Å². The van der Waals surface area contributed by atoms with E-state index in [-0.39, 0.29) is 5.92 Å². The number of methoxy groups -OCH3 is 1. The summed E-state index contributed by atoms with van der Waals surface area (Å²) < 4.78 is 5.28. The van der Waals surface area contributed by atoms with Crippen LogP contribution in [0.1, 0.15) is 25.3 Å². The van der Waals surface area contributed by atoms with E-state index >= 15 is 0 Å². The minimum Gasteiger partial charge on any atom is -0.496 e. The van der Waals surface area contributed by atoms with Gasteiger partial charge in [-0.05, 0) is 30.7 Å². The summed E-state index contributed by atoms with van der Waals surface area (Å²) >= 11 is 0. The highest BCUT2D eigenvalue weighted by Crippen LogP contribution is 2.46. The van der Waals surface area contributed by atoms with Crippen LogP contribution < -0.4 is 4.74 Å². The van der Waals surface area contributed by atoms with Crippen molar-refractivity contribution in [2.45, 2.75) is 19.8 Å². The minimum absolute atomic E-state index is 0.218. The molecule has 2 rings (SSSR count). The molecule has 0 spiro atoms. The molecule has 1 aromatic rings. The molecule has 0 radical (unpaired) electrons. The summed E-state index contributed by atoms with van der Waals surface area (Å²) in [6.07, 6.45) is 6.15. The summed E-state index contributed by atoms with van der Waals surface area (Å²) in [5.74, 6) is 0.841. The van der Waals surface area contributed by atoms with Crippen LogP contribution in [0.4, 0.5) is 0 Å². The van der Waals surface area contributed by atoms with E-state index in [1.54, 1.807) is 14.0 Å². The van der Waals surface area contributed by atoms with E-state index in [0.29, 0.717) is 11.8 Å². The van der Waals surface area contributed by atoms with E-state index in [2.05, 4.69) is 12.2 Å². The fourth-order valence-electron chi connectivity index (χ4n) is 2.51. The predicted octanol–water partition coefficient (Wildman–Crippen LogP) is 3.46. The van der Waals surface area contributed by atoms with Crippen LogP contribution in [0.15, 0.2) is 30.3 Å². The standard InChI is InChI=1S/C16H20O3/c1-11(16(17)18)14-10-13(14)8-5-7-12-6-3-4-9-15(12)19-2/h3-7,9,11,13-14H,8,10H2,1-2H3,(H,17,18). The SMILES string of the molecule is COc1ccccc1C=CCC1CC1C(C)C(=O)O. The van der Waals surface area contributed by atoms with Crippen molar-refractivity contribution in [3.05, 3.63) is 35.9 Å². The molecule has 0 bridgehead atoms. The van der Waals surface area contributed by atoms with Gasteiger partial charge in [-0.3, -0.25) is 4.79 Å². The van der Waals surface area contributed by atoms with E-state index in [0.717, 1.165) is 24.2 Å². The number of rotatable bonds is 6. The fraction of sp³-hybridized carbons (Fsp3) is 0.438. The average Bonchev–Trinajstić information content (AvgIpc) is 3.17. The molecule has 1 aliphatic carbocycles. The highest BCUT2D eigenvalue weighted by Gasteiger charge is 2.42. The van der Waals surface area contributed by atoms with Crippen LogP contribution in [0.2, 0.25) is 0 Å². The van der Waals surface area contributed by atoms with Crippen molar-refractivity contribution in [1.82, 2.24) is 0 Å². The molecule has 19 heavy (non-hydrogen) atoms. The van der Waals surface area contributed by atoms with Crippen LogP contribution in [0.3, 0.4) is 0 Å². The van der Waals surface area contributed by atoms with Crippen LogP contribution in [0.5, 0.6) is 5.75 Å². The Morgan fingerprint density at radius 3 is 2.95 bits per heavy atom. The number of para-hydroxylation sites is 1. The number of carbonyl (C=O) groups is 1. The van der Waals surface area contributed by atoms with Crippen LogP contribution in [0.25, 0.3) is 6.08 Å². The summed E-state index contributed by atoms with van der Waals surface area (Å²) in [7, 11) is 1.66. The third kappa shape index (κ3) is 3.37. The topological polar surface area (TPSA) is 46.5 Å². The summed E-state index contributed by atoms with van der Waals surface area (Å²) in [5, 5.41) is 8.95. The lowest BCUT2D eigenvalue weighted by Crippen LogP contribution is -2.12. The second-order valence-corrected chi connectivity index (χ2v) is 5.17. The highest BCUT2D eigenvalue weighted by molar-refractivity contribution is 5.70. The molecule has 0 saturated heterocycles. The Morgan fingerprint density at radius 1 is 1.53 bits per heavy atom. The summed E-state index contributed by atoms with van der Waals surface area (Å²) in [6.45, 7) is 1.80. The number of ether oxygens (including phenoxy) is 1. The number of carboxylic acid groups (broad SMARTS) is 1. The zero-order valence-corrected chi connectivity index (χ0v) is 11.4. The summed E-state index contributed by atoms with van der Waals surface area (Å²) in [6, 6.07) is 7.88. The number of benzene rings is 1. The lowest BCUT2D eigenvalue weighted by Gasteiger charge is -2.04. The second-order valence-electron chi connectivity index (χ2n) is 5.17. The van der Waals surface area contributed by atoms with Gasteiger partial charge in [0.05, 0.1) is 13.0 Å². The Balaban J connectivity index is 1.87.